The number of carbonyl (C=O) groups is 1. The van der Waals surface area contributed by atoms with Crippen molar-refractivity contribution >= 4 is 22.3 Å². The maximum Gasteiger partial charge on any atom is 0.168 e. The zero-order valence-corrected chi connectivity index (χ0v) is 13.7. The number of ketones is 1. The molecule has 0 aromatic heterocycles. The predicted octanol–water partition coefficient (Wildman–Crippen LogP) is 4.57. The number of hydrogen-bond acceptors (Lipinski definition) is 3. The molecule has 3 heteroatoms. The minimum absolute atomic E-state index is 0.0122. The lowest BCUT2D eigenvalue weighted by atomic mass is 9.88. The van der Waals surface area contributed by atoms with Gasteiger partial charge >= 0.3 is 0 Å². The second kappa shape index (κ2) is 7.26. The summed E-state index contributed by atoms with van der Waals surface area (Å²) in [5, 5.41) is 12.9. The van der Waals surface area contributed by atoms with Crippen molar-refractivity contribution < 1.29 is 9.90 Å². The van der Waals surface area contributed by atoms with Gasteiger partial charge < -0.3 is 5.11 Å². The Morgan fingerprint density at radius 1 is 1.17 bits per heavy atom. The first-order chi connectivity index (χ1) is 11.7. The summed E-state index contributed by atoms with van der Waals surface area (Å²) in [7, 11) is 0. The largest absolute Gasteiger partial charge is 0.511 e. The van der Waals surface area contributed by atoms with Crippen LogP contribution in [-0.2, 0) is 11.2 Å². The Hall–Kier alpha value is -2.68. The third-order valence-corrected chi connectivity index (χ3v) is 4.32. The van der Waals surface area contributed by atoms with Crippen molar-refractivity contribution in [3.05, 3.63) is 72.0 Å². The molecule has 2 aromatic rings. The van der Waals surface area contributed by atoms with Gasteiger partial charge in [0.05, 0.1) is 12.1 Å². The SMILES string of the molecule is C=CCN=C1CCCC(=O)C1=C(O)Cc1cccc2ccccc12. The number of carbonyl (C=O) groups excluding carboxylic acids is 1. The average Bonchev–Trinajstić information content (AvgIpc) is 2.60. The lowest BCUT2D eigenvalue weighted by Gasteiger charge is -2.18. The third kappa shape index (κ3) is 3.30. The first-order valence-electron chi connectivity index (χ1n) is 8.27. The Bertz CT molecular complexity index is 841. The number of fused-ring (bicyclic) bond motifs is 1. The number of benzene rings is 2. The summed E-state index contributed by atoms with van der Waals surface area (Å²) in [5.41, 5.74) is 2.14. The first kappa shape index (κ1) is 16.2. The molecule has 1 N–H and O–H groups in total. The molecule has 24 heavy (non-hydrogen) atoms. The monoisotopic (exact) mass is 319 g/mol. The number of aliphatic hydroxyl groups excluding tert-OH is 1. The highest BCUT2D eigenvalue weighted by molar-refractivity contribution is 6.24. The van der Waals surface area contributed by atoms with Crippen LogP contribution in [0.2, 0.25) is 0 Å². The molecule has 0 amide bonds. The lowest BCUT2D eigenvalue weighted by Crippen LogP contribution is -2.22. The Balaban J connectivity index is 2.01. The molecule has 0 radical (unpaired) electrons. The number of nitrogens with zero attached hydrogens (tertiary/aromatic N) is 1. The van der Waals surface area contributed by atoms with Crippen molar-refractivity contribution in [2.24, 2.45) is 4.99 Å². The minimum Gasteiger partial charge on any atom is -0.511 e. The van der Waals surface area contributed by atoms with E-state index in [-0.39, 0.29) is 11.5 Å². The smallest absolute Gasteiger partial charge is 0.168 e. The molecule has 1 fully saturated rings. The molecule has 122 valence electrons. The van der Waals surface area contributed by atoms with Crippen molar-refractivity contribution in [1.82, 2.24) is 0 Å². The molecular weight excluding hydrogens is 298 g/mol. The molecule has 1 aliphatic rings. The van der Waals surface area contributed by atoms with Gasteiger partial charge in [0.15, 0.2) is 5.78 Å². The number of Topliss-reactive ketones (excluding diaryl/α,β-unsaturated/α-hetero) is 1. The van der Waals surface area contributed by atoms with Crippen LogP contribution in [0.5, 0.6) is 0 Å². The zero-order valence-electron chi connectivity index (χ0n) is 13.7. The summed E-state index contributed by atoms with van der Waals surface area (Å²) >= 11 is 0. The fourth-order valence-electron chi connectivity index (χ4n) is 3.20. The van der Waals surface area contributed by atoms with E-state index in [2.05, 4.69) is 11.6 Å². The second-order valence-electron chi connectivity index (χ2n) is 5.99. The molecule has 1 saturated carbocycles. The van der Waals surface area contributed by atoms with Gasteiger partial charge in [-0.3, -0.25) is 9.79 Å². The van der Waals surface area contributed by atoms with Gasteiger partial charge in [-0.25, -0.2) is 0 Å². The molecular formula is C21H21NO2. The van der Waals surface area contributed by atoms with Crippen LogP contribution in [0.1, 0.15) is 24.8 Å². The van der Waals surface area contributed by atoms with Gasteiger partial charge in [-0.15, -0.1) is 6.58 Å². The Morgan fingerprint density at radius 3 is 2.79 bits per heavy atom. The number of rotatable bonds is 4. The van der Waals surface area contributed by atoms with E-state index in [0.29, 0.717) is 30.7 Å². The number of allylic oxidation sites excluding steroid dienone is 2. The van der Waals surface area contributed by atoms with Crippen LogP contribution in [0.3, 0.4) is 0 Å². The molecule has 0 saturated heterocycles. The molecule has 3 nitrogen and oxygen atoms in total. The molecule has 0 aliphatic heterocycles. The van der Waals surface area contributed by atoms with Gasteiger partial charge in [-0.2, -0.15) is 0 Å². The molecule has 2 aromatic carbocycles. The van der Waals surface area contributed by atoms with Gasteiger partial charge in [0.25, 0.3) is 0 Å². The van der Waals surface area contributed by atoms with Gasteiger partial charge in [-0.1, -0.05) is 48.5 Å². The van der Waals surface area contributed by atoms with E-state index >= 15 is 0 Å². The van der Waals surface area contributed by atoms with E-state index in [4.69, 9.17) is 0 Å². The van der Waals surface area contributed by atoms with Gasteiger partial charge in [-0.05, 0) is 29.2 Å². The molecule has 0 unspecified atom stereocenters. The van der Waals surface area contributed by atoms with Crippen LogP contribution < -0.4 is 0 Å². The summed E-state index contributed by atoms with van der Waals surface area (Å²) in [6.07, 6.45) is 4.04. The van der Waals surface area contributed by atoms with Crippen molar-refractivity contribution in [1.29, 1.82) is 0 Å². The summed E-state index contributed by atoms with van der Waals surface area (Å²) in [6, 6.07) is 14.1. The van der Waals surface area contributed by atoms with Crippen LogP contribution >= 0.6 is 0 Å². The van der Waals surface area contributed by atoms with E-state index in [1.807, 2.05) is 42.5 Å². The van der Waals surface area contributed by atoms with E-state index in [0.717, 1.165) is 29.2 Å². The normalized spacial score (nSPS) is 18.8. The summed E-state index contributed by atoms with van der Waals surface area (Å²) in [6.45, 7) is 4.13. The van der Waals surface area contributed by atoms with Gasteiger partial charge in [0, 0.05) is 18.6 Å². The predicted molar refractivity (Wildman–Crippen MR) is 98.7 cm³/mol. The number of aliphatic hydroxyl groups is 1. The van der Waals surface area contributed by atoms with Crippen LogP contribution in [-0.4, -0.2) is 23.1 Å². The molecule has 0 heterocycles. The summed E-state index contributed by atoms with van der Waals surface area (Å²) < 4.78 is 0. The van der Waals surface area contributed by atoms with Crippen LogP contribution in [0.25, 0.3) is 10.8 Å². The molecule has 0 atom stereocenters. The maximum absolute atomic E-state index is 12.3. The van der Waals surface area contributed by atoms with E-state index in [1.54, 1.807) is 6.08 Å². The Labute approximate surface area is 142 Å². The van der Waals surface area contributed by atoms with E-state index < -0.39 is 0 Å². The highest BCUT2D eigenvalue weighted by Gasteiger charge is 2.25. The van der Waals surface area contributed by atoms with Crippen molar-refractivity contribution in [3.63, 3.8) is 0 Å². The average molecular weight is 319 g/mol. The zero-order chi connectivity index (χ0) is 16.9. The summed E-state index contributed by atoms with van der Waals surface area (Å²) in [5.74, 6) is 0.112. The Kier molecular flexibility index (Phi) is 4.90. The maximum atomic E-state index is 12.3. The fraction of sp³-hybridized carbons (Fsp3) is 0.238. The van der Waals surface area contributed by atoms with E-state index in [9.17, 15) is 9.90 Å². The molecule has 0 bridgehead atoms. The number of aliphatic imine (C=N–C) groups is 1. The molecule has 0 spiro atoms. The van der Waals surface area contributed by atoms with E-state index in [1.165, 1.54) is 0 Å². The highest BCUT2D eigenvalue weighted by atomic mass is 16.3. The van der Waals surface area contributed by atoms with Crippen LogP contribution in [0.4, 0.5) is 0 Å². The van der Waals surface area contributed by atoms with Crippen molar-refractivity contribution in [2.75, 3.05) is 6.54 Å². The fourth-order valence-corrected chi connectivity index (χ4v) is 3.20. The lowest BCUT2D eigenvalue weighted by molar-refractivity contribution is -0.115. The van der Waals surface area contributed by atoms with Crippen LogP contribution in [0, 0.1) is 0 Å². The Morgan fingerprint density at radius 2 is 1.96 bits per heavy atom. The van der Waals surface area contributed by atoms with Gasteiger partial charge in [0.1, 0.15) is 5.76 Å². The third-order valence-electron chi connectivity index (χ3n) is 4.32. The quantitative estimate of drug-likeness (QED) is 0.509. The van der Waals surface area contributed by atoms with Crippen LogP contribution in [0.15, 0.2) is 71.4 Å². The van der Waals surface area contributed by atoms with Gasteiger partial charge in [0.2, 0.25) is 0 Å². The minimum atomic E-state index is -0.0122. The second-order valence-corrected chi connectivity index (χ2v) is 5.99. The standard InChI is InChI=1S/C21H21NO2/c1-2-13-22-18-11-6-12-19(23)21(18)20(24)14-16-9-5-8-15-7-3-4-10-17(15)16/h2-5,7-10,24H,1,6,11-14H2. The number of hydrogen-bond donors (Lipinski definition) is 1. The highest BCUT2D eigenvalue weighted by Crippen LogP contribution is 2.25. The first-order valence-corrected chi connectivity index (χ1v) is 8.27. The topological polar surface area (TPSA) is 49.7 Å². The molecule has 3 rings (SSSR count). The molecule has 1 aliphatic carbocycles. The summed E-state index contributed by atoms with van der Waals surface area (Å²) in [4.78, 5) is 16.8. The van der Waals surface area contributed by atoms with Crippen molar-refractivity contribution in [2.45, 2.75) is 25.7 Å². The van der Waals surface area contributed by atoms with Crippen molar-refractivity contribution in [3.8, 4) is 0 Å².